The Morgan fingerprint density at radius 2 is 1.76 bits per heavy atom. The van der Waals surface area contributed by atoms with E-state index >= 15 is 0 Å². The van der Waals surface area contributed by atoms with Crippen LogP contribution in [0.15, 0.2) is 48.5 Å². The molecule has 0 saturated carbocycles. The Balaban J connectivity index is 2.08. The largest absolute Gasteiger partial charge is 0.489 e. The number of aliphatic hydroxyl groups excluding tert-OH is 1. The van der Waals surface area contributed by atoms with Crippen molar-refractivity contribution in [1.82, 2.24) is 0 Å². The van der Waals surface area contributed by atoms with Crippen molar-refractivity contribution in [2.75, 3.05) is 0 Å². The molecule has 2 aromatic carbocycles. The fourth-order valence-electron chi connectivity index (χ4n) is 1.63. The van der Waals surface area contributed by atoms with Gasteiger partial charge in [0.2, 0.25) is 0 Å². The van der Waals surface area contributed by atoms with Crippen LogP contribution in [0.2, 0.25) is 0 Å². The maximum atomic E-state index is 9.08. The van der Waals surface area contributed by atoms with Gasteiger partial charge in [0.15, 0.2) is 0 Å². The van der Waals surface area contributed by atoms with Crippen molar-refractivity contribution in [3.8, 4) is 5.75 Å². The first-order valence-corrected chi connectivity index (χ1v) is 5.66. The highest BCUT2D eigenvalue weighted by molar-refractivity contribution is 5.36. The van der Waals surface area contributed by atoms with Gasteiger partial charge in [0.1, 0.15) is 12.4 Å². The number of aliphatic hydroxyl groups is 1. The molecule has 0 aliphatic heterocycles. The lowest BCUT2D eigenvalue weighted by Gasteiger charge is -2.10. The van der Waals surface area contributed by atoms with E-state index in [-0.39, 0.29) is 6.61 Å². The maximum Gasteiger partial charge on any atom is 0.123 e. The molecule has 0 amide bonds. The quantitative estimate of drug-likeness (QED) is 0.871. The van der Waals surface area contributed by atoms with Crippen molar-refractivity contribution in [1.29, 1.82) is 0 Å². The molecule has 2 rings (SSSR count). The Kier molecular flexibility index (Phi) is 3.78. The molecule has 0 bridgehead atoms. The predicted octanol–water partition coefficient (Wildman–Crippen LogP) is 3.07. The van der Waals surface area contributed by atoms with Crippen LogP contribution in [-0.4, -0.2) is 5.11 Å². The van der Waals surface area contributed by atoms with Crippen molar-refractivity contribution < 1.29 is 9.84 Å². The van der Waals surface area contributed by atoms with Crippen molar-refractivity contribution in [3.63, 3.8) is 0 Å². The molecule has 17 heavy (non-hydrogen) atoms. The highest BCUT2D eigenvalue weighted by Crippen LogP contribution is 2.20. The van der Waals surface area contributed by atoms with E-state index in [1.807, 2.05) is 55.5 Å². The fraction of sp³-hybridized carbons (Fsp3) is 0.200. The van der Waals surface area contributed by atoms with Crippen LogP contribution in [0.4, 0.5) is 0 Å². The van der Waals surface area contributed by atoms with Crippen molar-refractivity contribution in [3.05, 3.63) is 65.2 Å². The third kappa shape index (κ3) is 3.08. The van der Waals surface area contributed by atoms with Gasteiger partial charge in [-0.1, -0.05) is 42.5 Å². The van der Waals surface area contributed by atoms with Crippen LogP contribution in [0.25, 0.3) is 0 Å². The van der Waals surface area contributed by atoms with E-state index in [1.165, 1.54) is 0 Å². The summed E-state index contributed by atoms with van der Waals surface area (Å²) >= 11 is 0. The molecule has 0 atom stereocenters. The fourth-order valence-corrected chi connectivity index (χ4v) is 1.63. The van der Waals surface area contributed by atoms with E-state index in [2.05, 4.69) is 0 Å². The minimum atomic E-state index is 0.0436. The van der Waals surface area contributed by atoms with E-state index < -0.39 is 0 Å². The SMILES string of the molecule is Cc1ccc(CO)cc1OCc1ccccc1. The first-order valence-electron chi connectivity index (χ1n) is 5.66. The molecule has 0 aliphatic carbocycles. The summed E-state index contributed by atoms with van der Waals surface area (Å²) in [7, 11) is 0. The van der Waals surface area contributed by atoms with E-state index in [9.17, 15) is 0 Å². The van der Waals surface area contributed by atoms with E-state index in [4.69, 9.17) is 9.84 Å². The summed E-state index contributed by atoms with van der Waals surface area (Å²) in [6.45, 7) is 2.60. The predicted molar refractivity (Wildman–Crippen MR) is 67.9 cm³/mol. The second-order valence-electron chi connectivity index (χ2n) is 4.03. The topological polar surface area (TPSA) is 29.5 Å². The van der Waals surface area contributed by atoms with E-state index in [1.54, 1.807) is 0 Å². The summed E-state index contributed by atoms with van der Waals surface area (Å²) in [5.74, 6) is 0.834. The van der Waals surface area contributed by atoms with Crippen molar-refractivity contribution in [2.45, 2.75) is 20.1 Å². The van der Waals surface area contributed by atoms with Gasteiger partial charge in [-0.05, 0) is 29.7 Å². The average Bonchev–Trinajstić information content (AvgIpc) is 2.39. The lowest BCUT2D eigenvalue weighted by atomic mass is 10.1. The van der Waals surface area contributed by atoms with Gasteiger partial charge in [0, 0.05) is 0 Å². The Hall–Kier alpha value is -1.80. The van der Waals surface area contributed by atoms with Crippen LogP contribution in [0.1, 0.15) is 16.7 Å². The maximum absolute atomic E-state index is 9.08. The smallest absolute Gasteiger partial charge is 0.123 e. The second kappa shape index (κ2) is 5.51. The standard InChI is InChI=1S/C15H16O2/c1-12-7-8-14(10-16)9-15(12)17-11-13-5-3-2-4-6-13/h2-9,16H,10-11H2,1H3. The monoisotopic (exact) mass is 228 g/mol. The molecule has 0 saturated heterocycles. The Labute approximate surface area is 101 Å². The van der Waals surface area contributed by atoms with Gasteiger partial charge in [0.05, 0.1) is 6.61 Å². The van der Waals surface area contributed by atoms with Crippen molar-refractivity contribution in [2.24, 2.45) is 0 Å². The summed E-state index contributed by atoms with van der Waals surface area (Å²) in [5, 5.41) is 9.08. The molecule has 88 valence electrons. The zero-order valence-electron chi connectivity index (χ0n) is 9.89. The van der Waals surface area contributed by atoms with E-state index in [0.717, 1.165) is 22.4 Å². The summed E-state index contributed by atoms with van der Waals surface area (Å²) in [5.41, 5.74) is 3.10. The Morgan fingerprint density at radius 1 is 1.00 bits per heavy atom. The van der Waals surface area contributed by atoms with Crippen LogP contribution >= 0.6 is 0 Å². The summed E-state index contributed by atoms with van der Waals surface area (Å²) in [6, 6.07) is 15.8. The van der Waals surface area contributed by atoms with Gasteiger partial charge in [-0.25, -0.2) is 0 Å². The Morgan fingerprint density at radius 3 is 2.47 bits per heavy atom. The molecule has 0 fully saturated rings. The van der Waals surface area contributed by atoms with Gasteiger partial charge in [-0.3, -0.25) is 0 Å². The molecule has 0 heterocycles. The van der Waals surface area contributed by atoms with Crippen LogP contribution < -0.4 is 4.74 Å². The molecule has 0 spiro atoms. The third-order valence-corrected chi connectivity index (χ3v) is 2.67. The number of aryl methyl sites for hydroxylation is 1. The van der Waals surface area contributed by atoms with Gasteiger partial charge in [-0.2, -0.15) is 0 Å². The molecule has 0 radical (unpaired) electrons. The third-order valence-electron chi connectivity index (χ3n) is 2.67. The zero-order valence-corrected chi connectivity index (χ0v) is 9.89. The minimum Gasteiger partial charge on any atom is -0.489 e. The number of rotatable bonds is 4. The zero-order chi connectivity index (χ0) is 12.1. The van der Waals surface area contributed by atoms with Crippen molar-refractivity contribution >= 4 is 0 Å². The molecule has 0 aliphatic rings. The molecule has 2 aromatic rings. The molecular weight excluding hydrogens is 212 g/mol. The van der Waals surface area contributed by atoms with Crippen LogP contribution in [0.3, 0.4) is 0 Å². The molecule has 0 unspecified atom stereocenters. The average molecular weight is 228 g/mol. The van der Waals surface area contributed by atoms with Gasteiger partial charge < -0.3 is 9.84 Å². The summed E-state index contributed by atoms with van der Waals surface area (Å²) < 4.78 is 5.75. The second-order valence-corrected chi connectivity index (χ2v) is 4.03. The summed E-state index contributed by atoms with van der Waals surface area (Å²) in [6.07, 6.45) is 0. The molecule has 0 aromatic heterocycles. The van der Waals surface area contributed by atoms with Crippen LogP contribution in [-0.2, 0) is 13.2 Å². The first kappa shape index (κ1) is 11.7. The minimum absolute atomic E-state index is 0.0436. The first-order chi connectivity index (χ1) is 8.29. The Bertz CT molecular complexity index is 478. The number of ether oxygens (including phenoxy) is 1. The number of hydrogen-bond acceptors (Lipinski definition) is 2. The number of benzene rings is 2. The molecule has 2 heteroatoms. The summed E-state index contributed by atoms with van der Waals surface area (Å²) in [4.78, 5) is 0. The molecular formula is C15H16O2. The molecule has 1 N–H and O–H groups in total. The van der Waals surface area contributed by atoms with Crippen LogP contribution in [0.5, 0.6) is 5.75 Å². The lowest BCUT2D eigenvalue weighted by molar-refractivity contribution is 0.277. The van der Waals surface area contributed by atoms with E-state index in [0.29, 0.717) is 6.61 Å². The van der Waals surface area contributed by atoms with Gasteiger partial charge >= 0.3 is 0 Å². The highest BCUT2D eigenvalue weighted by atomic mass is 16.5. The highest BCUT2D eigenvalue weighted by Gasteiger charge is 2.01. The number of hydrogen-bond donors (Lipinski definition) is 1. The van der Waals surface area contributed by atoms with Crippen LogP contribution in [0, 0.1) is 6.92 Å². The lowest BCUT2D eigenvalue weighted by Crippen LogP contribution is -1.97. The van der Waals surface area contributed by atoms with Gasteiger partial charge in [-0.15, -0.1) is 0 Å². The molecule has 2 nitrogen and oxygen atoms in total. The van der Waals surface area contributed by atoms with Gasteiger partial charge in [0.25, 0.3) is 0 Å². The normalized spacial score (nSPS) is 10.2.